The van der Waals surface area contributed by atoms with Crippen LogP contribution in [0.1, 0.15) is 45.6 Å². The maximum absolute atomic E-state index is 12.9. The zero-order chi connectivity index (χ0) is 18.8. The van der Waals surface area contributed by atoms with Crippen molar-refractivity contribution in [2.45, 2.75) is 32.2 Å². The van der Waals surface area contributed by atoms with Crippen LogP contribution >= 0.6 is 0 Å². The Hall–Kier alpha value is -3.15. The van der Waals surface area contributed by atoms with Crippen LogP contribution in [0.3, 0.4) is 0 Å². The van der Waals surface area contributed by atoms with Gasteiger partial charge in [0.2, 0.25) is 0 Å². The molecule has 0 radical (unpaired) electrons. The van der Waals surface area contributed by atoms with E-state index in [2.05, 4.69) is 22.1 Å². The van der Waals surface area contributed by atoms with E-state index in [0.29, 0.717) is 18.8 Å². The molecule has 1 N–H and O–H groups in total. The number of nitrogens with zero attached hydrogens (tertiary/aromatic N) is 2. The van der Waals surface area contributed by atoms with Crippen molar-refractivity contribution in [3.63, 3.8) is 0 Å². The van der Waals surface area contributed by atoms with E-state index in [4.69, 9.17) is 4.42 Å². The number of nitrogens with one attached hydrogen (secondary N) is 1. The molecule has 3 heterocycles. The van der Waals surface area contributed by atoms with E-state index in [1.165, 1.54) is 17.7 Å². The van der Waals surface area contributed by atoms with Crippen molar-refractivity contribution < 1.29 is 9.21 Å². The molecule has 0 saturated carbocycles. The molecule has 1 unspecified atom stereocenters. The molecule has 0 saturated heterocycles. The third-order valence-corrected chi connectivity index (χ3v) is 4.94. The number of H-pyrrole nitrogens is 1. The summed E-state index contributed by atoms with van der Waals surface area (Å²) in [5.41, 5.74) is 3.02. The van der Waals surface area contributed by atoms with Crippen molar-refractivity contribution >= 4 is 5.91 Å². The van der Waals surface area contributed by atoms with Gasteiger partial charge in [-0.1, -0.05) is 30.3 Å². The highest BCUT2D eigenvalue weighted by Gasteiger charge is 2.31. The zero-order valence-electron chi connectivity index (χ0n) is 15.1. The fourth-order valence-electron chi connectivity index (χ4n) is 3.65. The summed E-state index contributed by atoms with van der Waals surface area (Å²) in [4.78, 5) is 34.0. The number of amides is 1. The van der Waals surface area contributed by atoms with E-state index in [-0.39, 0.29) is 23.0 Å². The van der Waals surface area contributed by atoms with Crippen molar-refractivity contribution in [1.29, 1.82) is 0 Å². The Bertz CT molecular complexity index is 1010. The number of aromatic nitrogens is 2. The minimum atomic E-state index is -0.263. The molecule has 0 bridgehead atoms. The first kappa shape index (κ1) is 17.3. The molecule has 0 spiro atoms. The maximum Gasteiger partial charge on any atom is 0.290 e. The maximum atomic E-state index is 12.9. The number of rotatable bonds is 4. The van der Waals surface area contributed by atoms with Gasteiger partial charge in [-0.2, -0.15) is 0 Å². The average Bonchev–Trinajstić information content (AvgIpc) is 3.14. The number of hydrogen-bond donors (Lipinski definition) is 1. The highest BCUT2D eigenvalue weighted by atomic mass is 16.3. The second-order valence-corrected chi connectivity index (χ2v) is 6.94. The predicted molar refractivity (Wildman–Crippen MR) is 101 cm³/mol. The zero-order valence-corrected chi connectivity index (χ0v) is 15.1. The van der Waals surface area contributed by atoms with Crippen LogP contribution < -0.4 is 5.43 Å². The molecular formula is C21H21N3O3. The van der Waals surface area contributed by atoms with Crippen molar-refractivity contribution in [3.8, 4) is 0 Å². The number of hydrogen-bond acceptors (Lipinski definition) is 4. The molecule has 1 aliphatic heterocycles. The van der Waals surface area contributed by atoms with Crippen molar-refractivity contribution in [2.75, 3.05) is 6.54 Å². The number of imidazole rings is 1. The van der Waals surface area contributed by atoms with Crippen LogP contribution in [-0.2, 0) is 13.0 Å². The Labute approximate surface area is 156 Å². The van der Waals surface area contributed by atoms with Crippen molar-refractivity contribution in [1.82, 2.24) is 14.9 Å². The van der Waals surface area contributed by atoms with Crippen molar-refractivity contribution in [3.05, 3.63) is 87.5 Å². The van der Waals surface area contributed by atoms with Gasteiger partial charge in [0, 0.05) is 24.6 Å². The highest BCUT2D eigenvalue weighted by Crippen LogP contribution is 2.30. The van der Waals surface area contributed by atoms with E-state index < -0.39 is 0 Å². The average molecular weight is 363 g/mol. The summed E-state index contributed by atoms with van der Waals surface area (Å²) in [6.45, 7) is 2.67. The van der Waals surface area contributed by atoms with Crippen LogP contribution in [0.25, 0.3) is 0 Å². The normalized spacial score (nSPS) is 16.2. The minimum absolute atomic E-state index is 0.0878. The van der Waals surface area contributed by atoms with E-state index in [1.54, 1.807) is 18.2 Å². The largest absolute Gasteiger partial charge is 0.456 e. The lowest BCUT2D eigenvalue weighted by atomic mass is 9.92. The lowest BCUT2D eigenvalue weighted by molar-refractivity contribution is 0.0674. The van der Waals surface area contributed by atoms with E-state index >= 15 is 0 Å². The summed E-state index contributed by atoms with van der Waals surface area (Å²) in [5.74, 6) is 0.400. The predicted octanol–water partition coefficient (Wildman–Crippen LogP) is 3.04. The third kappa shape index (κ3) is 3.69. The molecule has 6 heteroatoms. The number of benzene rings is 1. The Morgan fingerprint density at radius 3 is 2.89 bits per heavy atom. The molecule has 1 aliphatic rings. The van der Waals surface area contributed by atoms with Gasteiger partial charge in [-0.25, -0.2) is 4.98 Å². The molecule has 4 rings (SSSR count). The molecule has 3 aromatic rings. The molecule has 2 aromatic heterocycles. The highest BCUT2D eigenvalue weighted by molar-refractivity contribution is 5.91. The summed E-state index contributed by atoms with van der Waals surface area (Å²) in [6.07, 6.45) is 3.49. The van der Waals surface area contributed by atoms with Crippen LogP contribution in [0, 0.1) is 6.92 Å². The molecular weight excluding hydrogens is 342 g/mol. The molecule has 1 atom stereocenters. The molecule has 0 fully saturated rings. The lowest BCUT2D eigenvalue weighted by Gasteiger charge is -2.31. The fraction of sp³-hybridized carbons (Fsp3) is 0.286. The molecule has 138 valence electrons. The summed E-state index contributed by atoms with van der Waals surface area (Å²) in [6, 6.07) is 12.9. The smallest absolute Gasteiger partial charge is 0.290 e. The quantitative estimate of drug-likeness (QED) is 0.773. The minimum Gasteiger partial charge on any atom is -0.456 e. The van der Waals surface area contributed by atoms with Crippen LogP contribution in [0.15, 0.2) is 58.0 Å². The van der Waals surface area contributed by atoms with Gasteiger partial charge in [0.05, 0.1) is 24.3 Å². The monoisotopic (exact) mass is 363 g/mol. The summed E-state index contributed by atoms with van der Waals surface area (Å²) < 4.78 is 5.49. The van der Waals surface area contributed by atoms with Gasteiger partial charge in [0.15, 0.2) is 11.2 Å². The number of aryl methyl sites for hydroxylation is 2. The van der Waals surface area contributed by atoms with Gasteiger partial charge in [-0.15, -0.1) is 0 Å². The van der Waals surface area contributed by atoms with Gasteiger partial charge in [0.1, 0.15) is 5.76 Å². The van der Waals surface area contributed by atoms with Gasteiger partial charge < -0.3 is 14.3 Å². The number of aromatic amines is 1. The second kappa shape index (κ2) is 7.23. The van der Waals surface area contributed by atoms with Gasteiger partial charge in [-0.05, 0) is 25.3 Å². The van der Waals surface area contributed by atoms with E-state index in [0.717, 1.165) is 24.2 Å². The first-order valence-corrected chi connectivity index (χ1v) is 9.07. The molecule has 27 heavy (non-hydrogen) atoms. The van der Waals surface area contributed by atoms with Crippen LogP contribution in [0.4, 0.5) is 0 Å². The van der Waals surface area contributed by atoms with E-state index in [9.17, 15) is 9.59 Å². The van der Waals surface area contributed by atoms with Gasteiger partial charge >= 0.3 is 0 Å². The second-order valence-electron chi connectivity index (χ2n) is 6.94. The Morgan fingerprint density at radius 2 is 2.11 bits per heavy atom. The van der Waals surface area contributed by atoms with E-state index in [1.807, 2.05) is 18.2 Å². The van der Waals surface area contributed by atoms with Crippen LogP contribution in [-0.4, -0.2) is 27.3 Å². The summed E-state index contributed by atoms with van der Waals surface area (Å²) in [7, 11) is 0. The van der Waals surface area contributed by atoms with Crippen molar-refractivity contribution in [2.24, 2.45) is 0 Å². The Morgan fingerprint density at radius 1 is 1.30 bits per heavy atom. The number of carbonyl (C=O) groups is 1. The molecule has 1 amide bonds. The Kier molecular flexibility index (Phi) is 4.62. The van der Waals surface area contributed by atoms with Crippen LogP contribution in [0.5, 0.6) is 0 Å². The number of carbonyl (C=O) groups excluding carboxylic acids is 1. The standard InChI is InChI=1S/C21H21N3O3/c1-14-9-17(25)10-19(27-14)21(26)24-11-16(20-18(12-24)22-13-23-20)8-7-15-5-3-2-4-6-15/h2-6,9-10,13,16H,7-8,11-12H2,1H3,(H,22,23). The summed E-state index contributed by atoms with van der Waals surface area (Å²) >= 11 is 0. The molecule has 6 nitrogen and oxygen atoms in total. The SMILES string of the molecule is Cc1cc(=O)cc(C(=O)N2Cc3[nH]cnc3C(CCc3ccccc3)C2)o1. The van der Waals surface area contributed by atoms with Crippen LogP contribution in [0.2, 0.25) is 0 Å². The summed E-state index contributed by atoms with van der Waals surface area (Å²) in [5, 5.41) is 0. The molecule has 0 aliphatic carbocycles. The lowest BCUT2D eigenvalue weighted by Crippen LogP contribution is -2.38. The third-order valence-electron chi connectivity index (χ3n) is 4.94. The first-order valence-electron chi connectivity index (χ1n) is 9.07. The topological polar surface area (TPSA) is 79.2 Å². The first-order chi connectivity index (χ1) is 13.1. The number of fused-ring (bicyclic) bond motifs is 1. The Balaban J connectivity index is 1.55. The fourth-order valence-corrected chi connectivity index (χ4v) is 3.65. The van der Waals surface area contributed by atoms with Gasteiger partial charge in [0.25, 0.3) is 5.91 Å². The van der Waals surface area contributed by atoms with Gasteiger partial charge in [-0.3, -0.25) is 9.59 Å². The molecule has 1 aromatic carbocycles.